The van der Waals surface area contributed by atoms with Crippen molar-refractivity contribution in [3.63, 3.8) is 0 Å². The second-order valence-corrected chi connectivity index (χ2v) is 9.59. The lowest BCUT2D eigenvalue weighted by Gasteiger charge is -2.28. The molecule has 4 aromatic rings. The van der Waals surface area contributed by atoms with Crippen LogP contribution in [0.25, 0.3) is 10.2 Å². The summed E-state index contributed by atoms with van der Waals surface area (Å²) in [6.07, 6.45) is 5.73. The number of aromatic nitrogens is 2. The van der Waals surface area contributed by atoms with Crippen molar-refractivity contribution >= 4 is 50.6 Å². The molecule has 2 aliphatic rings. The van der Waals surface area contributed by atoms with Gasteiger partial charge in [0, 0.05) is 24.3 Å². The largest absolute Gasteiger partial charge is 0.439 e. The van der Waals surface area contributed by atoms with Crippen LogP contribution in [0.1, 0.15) is 28.9 Å². The van der Waals surface area contributed by atoms with Crippen molar-refractivity contribution < 1.29 is 14.3 Å². The minimum absolute atomic E-state index is 0.0424. The van der Waals surface area contributed by atoms with Gasteiger partial charge in [-0.3, -0.25) is 9.69 Å². The van der Waals surface area contributed by atoms with E-state index in [1.807, 2.05) is 30.3 Å². The Labute approximate surface area is 204 Å². The Kier molecular flexibility index (Phi) is 5.31. The molecule has 4 N–H and O–H groups in total. The number of hydrogen-bond acceptors (Lipinski definition) is 7. The third kappa shape index (κ3) is 3.96. The van der Waals surface area contributed by atoms with Crippen LogP contribution in [0, 0.1) is 0 Å². The van der Waals surface area contributed by atoms with Gasteiger partial charge in [0.05, 0.1) is 28.6 Å². The van der Waals surface area contributed by atoms with E-state index >= 15 is 0 Å². The molecule has 1 saturated carbocycles. The highest BCUT2D eigenvalue weighted by Gasteiger charge is 2.34. The van der Waals surface area contributed by atoms with Crippen LogP contribution in [0.3, 0.4) is 0 Å². The van der Waals surface area contributed by atoms with Crippen molar-refractivity contribution in [2.24, 2.45) is 5.73 Å². The van der Waals surface area contributed by atoms with Gasteiger partial charge in [-0.25, -0.2) is 14.8 Å². The van der Waals surface area contributed by atoms with E-state index in [2.05, 4.69) is 20.6 Å². The van der Waals surface area contributed by atoms with Gasteiger partial charge in [0.15, 0.2) is 0 Å². The number of ether oxygens (including phenoxy) is 1. The van der Waals surface area contributed by atoms with Gasteiger partial charge in [-0.2, -0.15) is 0 Å². The zero-order valence-electron chi connectivity index (χ0n) is 18.6. The maximum Gasteiger partial charge on any atom is 0.331 e. The van der Waals surface area contributed by atoms with Crippen LogP contribution < -0.4 is 26.0 Å². The van der Waals surface area contributed by atoms with Crippen molar-refractivity contribution in [2.45, 2.75) is 31.3 Å². The zero-order chi connectivity index (χ0) is 23.9. The van der Waals surface area contributed by atoms with Gasteiger partial charge in [-0.05, 0) is 43.5 Å². The normalized spacial score (nSPS) is 19.0. The number of anilines is 3. The molecule has 0 unspecified atom stereocenters. The molecule has 35 heavy (non-hydrogen) atoms. The summed E-state index contributed by atoms with van der Waals surface area (Å²) in [6.45, 7) is 0. The maximum absolute atomic E-state index is 13.2. The molecule has 4 heterocycles. The van der Waals surface area contributed by atoms with Crippen LogP contribution in [0.4, 0.5) is 21.9 Å². The Bertz CT molecular complexity index is 1420. The minimum Gasteiger partial charge on any atom is -0.439 e. The highest BCUT2D eigenvalue weighted by Crippen LogP contribution is 2.45. The van der Waals surface area contributed by atoms with Crippen molar-refractivity contribution in [1.82, 2.24) is 15.3 Å². The fraction of sp³-hybridized carbons (Fsp3) is 0.200. The summed E-state index contributed by atoms with van der Waals surface area (Å²) < 4.78 is 5.76. The molecule has 1 aliphatic heterocycles. The van der Waals surface area contributed by atoms with E-state index in [0.29, 0.717) is 38.4 Å². The molecule has 176 valence electrons. The molecule has 10 heteroatoms. The standard InChI is InChI=1S/C25H22N6O3S/c26-14-6-7-15(12-14)29-23(32)22-21-20-18(10-11-27-24(20)35-22)31(25(33)30-21)16-8-9-19(28-13-16)34-17-4-2-1-3-5-17/h1-5,8-11,13-15H,6-7,12,26H2,(H,29,32)(H,30,33)/t14-,15+/m1/s1. The van der Waals surface area contributed by atoms with Crippen molar-refractivity contribution in [1.29, 1.82) is 0 Å². The summed E-state index contributed by atoms with van der Waals surface area (Å²) in [6, 6.07) is 14.4. The highest BCUT2D eigenvalue weighted by atomic mass is 32.1. The van der Waals surface area contributed by atoms with E-state index in [1.165, 1.54) is 16.2 Å². The fourth-order valence-electron chi connectivity index (χ4n) is 4.57. The maximum atomic E-state index is 13.2. The van der Waals surface area contributed by atoms with Crippen LogP contribution in [0.2, 0.25) is 0 Å². The van der Waals surface area contributed by atoms with Crippen LogP contribution in [-0.4, -0.2) is 34.0 Å². The summed E-state index contributed by atoms with van der Waals surface area (Å²) >= 11 is 1.27. The number of urea groups is 1. The topological polar surface area (TPSA) is 122 Å². The van der Waals surface area contributed by atoms with Gasteiger partial charge in [0.1, 0.15) is 15.5 Å². The van der Waals surface area contributed by atoms with Crippen molar-refractivity contribution in [2.75, 3.05) is 10.2 Å². The minimum atomic E-state index is -0.376. The molecule has 0 bridgehead atoms. The number of thiophene rings is 1. The Balaban J connectivity index is 1.31. The van der Waals surface area contributed by atoms with E-state index in [9.17, 15) is 9.59 Å². The molecule has 3 amide bonds. The molecular formula is C25H22N6O3S. The van der Waals surface area contributed by atoms with Gasteiger partial charge in [-0.15, -0.1) is 11.3 Å². The van der Waals surface area contributed by atoms with E-state index in [0.717, 1.165) is 24.6 Å². The molecule has 0 radical (unpaired) electrons. The number of para-hydroxylation sites is 1. The fourth-order valence-corrected chi connectivity index (χ4v) is 5.60. The number of carbonyl (C=O) groups is 2. The SMILES string of the molecule is N[C@@H]1CC[C@H](NC(=O)c2sc3nccc4c3c2NC(=O)N4c2ccc(Oc3ccccc3)nc2)C1. The quantitative estimate of drug-likeness (QED) is 0.373. The number of benzene rings is 1. The van der Waals surface area contributed by atoms with E-state index in [1.54, 1.807) is 30.6 Å². The van der Waals surface area contributed by atoms with Gasteiger partial charge in [-0.1, -0.05) is 18.2 Å². The number of carbonyl (C=O) groups excluding carboxylic acids is 2. The summed E-state index contributed by atoms with van der Waals surface area (Å²) in [7, 11) is 0. The Morgan fingerprint density at radius 3 is 2.74 bits per heavy atom. The van der Waals surface area contributed by atoms with Gasteiger partial charge < -0.3 is 21.1 Å². The predicted molar refractivity (Wildman–Crippen MR) is 135 cm³/mol. The Morgan fingerprint density at radius 2 is 2.00 bits per heavy atom. The molecule has 0 saturated heterocycles. The second-order valence-electron chi connectivity index (χ2n) is 8.60. The Hall–Kier alpha value is -4.02. The first-order chi connectivity index (χ1) is 17.1. The summed E-state index contributed by atoms with van der Waals surface area (Å²) in [5.41, 5.74) is 7.69. The first-order valence-electron chi connectivity index (χ1n) is 11.3. The zero-order valence-corrected chi connectivity index (χ0v) is 19.4. The van der Waals surface area contributed by atoms with E-state index < -0.39 is 0 Å². The van der Waals surface area contributed by atoms with E-state index in [-0.39, 0.29) is 24.0 Å². The summed E-state index contributed by atoms with van der Waals surface area (Å²) in [4.78, 5) is 37.8. The summed E-state index contributed by atoms with van der Waals surface area (Å²) in [5, 5.41) is 6.70. The smallest absolute Gasteiger partial charge is 0.331 e. The third-order valence-corrected chi connectivity index (χ3v) is 7.30. The number of amides is 3. The lowest BCUT2D eigenvalue weighted by molar-refractivity contribution is 0.0942. The van der Waals surface area contributed by atoms with Gasteiger partial charge in [0.2, 0.25) is 5.88 Å². The number of hydrogen-bond donors (Lipinski definition) is 3. The number of nitrogens with one attached hydrogen (secondary N) is 2. The molecule has 1 aromatic carbocycles. The number of nitrogens with zero attached hydrogens (tertiary/aromatic N) is 3. The molecule has 2 atom stereocenters. The highest BCUT2D eigenvalue weighted by molar-refractivity contribution is 7.21. The second kappa shape index (κ2) is 8.64. The van der Waals surface area contributed by atoms with Crippen LogP contribution in [-0.2, 0) is 0 Å². The first kappa shape index (κ1) is 21.5. The van der Waals surface area contributed by atoms with Crippen LogP contribution >= 0.6 is 11.3 Å². The third-order valence-electron chi connectivity index (χ3n) is 6.21. The first-order valence-corrected chi connectivity index (χ1v) is 12.2. The summed E-state index contributed by atoms with van der Waals surface area (Å²) in [5.74, 6) is 0.873. The number of pyridine rings is 2. The number of rotatable bonds is 5. The molecule has 3 aromatic heterocycles. The molecule has 1 aliphatic carbocycles. The molecular weight excluding hydrogens is 464 g/mol. The number of nitrogens with two attached hydrogens (primary N) is 1. The molecule has 9 nitrogen and oxygen atoms in total. The van der Waals surface area contributed by atoms with E-state index in [4.69, 9.17) is 10.5 Å². The van der Waals surface area contributed by atoms with Crippen molar-refractivity contribution in [3.05, 3.63) is 65.8 Å². The van der Waals surface area contributed by atoms with Crippen LogP contribution in [0.15, 0.2) is 60.9 Å². The average Bonchev–Trinajstić information content (AvgIpc) is 3.44. The van der Waals surface area contributed by atoms with Crippen molar-refractivity contribution in [3.8, 4) is 11.6 Å². The predicted octanol–water partition coefficient (Wildman–Crippen LogP) is 4.78. The Morgan fingerprint density at radius 1 is 1.14 bits per heavy atom. The molecule has 6 rings (SSSR count). The average molecular weight is 487 g/mol. The lowest BCUT2D eigenvalue weighted by atomic mass is 10.1. The lowest BCUT2D eigenvalue weighted by Crippen LogP contribution is -2.36. The van der Waals surface area contributed by atoms with Gasteiger partial charge >= 0.3 is 6.03 Å². The molecule has 0 spiro atoms. The van der Waals surface area contributed by atoms with Crippen LogP contribution in [0.5, 0.6) is 11.6 Å². The molecule has 1 fully saturated rings. The van der Waals surface area contributed by atoms with Gasteiger partial charge in [0.25, 0.3) is 5.91 Å². The monoisotopic (exact) mass is 486 g/mol.